The van der Waals surface area contributed by atoms with Gasteiger partial charge in [-0.25, -0.2) is 0 Å². The van der Waals surface area contributed by atoms with Gasteiger partial charge in [0.1, 0.15) is 5.60 Å². The molecule has 3 N–H and O–H groups in total. The minimum atomic E-state index is -0.755. The molecule has 6 fully saturated rings. The second-order valence-corrected chi connectivity index (χ2v) is 10.2. The van der Waals surface area contributed by atoms with E-state index in [0.29, 0.717) is 0 Å². The molecule has 5 heteroatoms. The van der Waals surface area contributed by atoms with Crippen molar-refractivity contribution in [3.63, 3.8) is 0 Å². The average molecular weight is 350 g/mol. The maximum absolute atomic E-state index is 12.1. The molecule has 0 aromatic rings. The Hall–Kier alpha value is -0.650. The number of hydrogen-bond acceptors (Lipinski definition) is 4. The number of aliphatic hydroxyl groups excluding tert-OH is 2. The first-order valence-electron chi connectivity index (χ1n) is 9.95. The standard InChI is InChI=1S/C20H30O5/c1-17-5-3-6-18(2,16(23)24)13(17)4-7-19-9-11-8-12(14(17)19)25-20(11,10-21)15(19)22/h11-15,21-22H,3-10H2,1-2H3,(H,23,24)/t11-,12-,13-,14-,15-,17+,18+,19+,20+/m0/s1. The molecule has 4 bridgehead atoms. The Bertz CT molecular complexity index is 636. The first kappa shape index (κ1) is 16.5. The molecule has 2 aliphatic heterocycles. The minimum absolute atomic E-state index is 0.0678. The fourth-order valence-corrected chi connectivity index (χ4v) is 8.71. The smallest absolute Gasteiger partial charge is 0.309 e. The van der Waals surface area contributed by atoms with Crippen LogP contribution in [0.25, 0.3) is 0 Å². The number of carboxylic acid groups (broad SMARTS) is 1. The zero-order valence-electron chi connectivity index (χ0n) is 15.2. The van der Waals surface area contributed by atoms with Crippen molar-refractivity contribution in [2.24, 2.45) is 34.0 Å². The summed E-state index contributed by atoms with van der Waals surface area (Å²) in [6.07, 6.45) is 5.74. The SMILES string of the molecule is C[C@@]12CCC[C@@](C)(C(=O)O)[C@H]1CC[C@]13C[C@@H]4C[C@H](O[C@@]4(CO)[C@H]1O)[C@@H]23. The van der Waals surface area contributed by atoms with E-state index in [4.69, 9.17) is 4.74 Å². The summed E-state index contributed by atoms with van der Waals surface area (Å²) in [4.78, 5) is 12.1. The van der Waals surface area contributed by atoms with Gasteiger partial charge in [0.2, 0.25) is 0 Å². The van der Waals surface area contributed by atoms with E-state index in [1.807, 2.05) is 6.92 Å². The summed E-state index contributed by atoms with van der Waals surface area (Å²) < 4.78 is 6.36. The number of aliphatic carboxylic acids is 1. The first-order valence-corrected chi connectivity index (χ1v) is 9.95. The lowest BCUT2D eigenvalue weighted by atomic mass is 9.40. The second-order valence-electron chi connectivity index (χ2n) is 10.2. The molecule has 0 radical (unpaired) electrons. The van der Waals surface area contributed by atoms with Crippen LogP contribution in [-0.4, -0.2) is 45.7 Å². The quantitative estimate of drug-likeness (QED) is 0.711. The van der Waals surface area contributed by atoms with Gasteiger partial charge in [-0.15, -0.1) is 0 Å². The van der Waals surface area contributed by atoms with Gasteiger partial charge in [-0.05, 0) is 68.6 Å². The summed E-state index contributed by atoms with van der Waals surface area (Å²) in [6, 6.07) is 0. The van der Waals surface area contributed by atoms with Crippen LogP contribution in [0.1, 0.15) is 58.8 Å². The maximum atomic E-state index is 12.1. The normalized spacial score (nSPS) is 61.8. The lowest BCUT2D eigenvalue weighted by Crippen LogP contribution is -2.67. The summed E-state index contributed by atoms with van der Waals surface area (Å²) in [7, 11) is 0. The summed E-state index contributed by atoms with van der Waals surface area (Å²) in [5.41, 5.74) is -1.72. The fourth-order valence-electron chi connectivity index (χ4n) is 8.71. The van der Waals surface area contributed by atoms with E-state index >= 15 is 0 Å². The highest BCUT2D eigenvalue weighted by molar-refractivity contribution is 5.75. The molecule has 9 atom stereocenters. The molecular weight excluding hydrogens is 320 g/mol. The number of hydrogen-bond donors (Lipinski definition) is 3. The van der Waals surface area contributed by atoms with Gasteiger partial charge < -0.3 is 20.1 Å². The van der Waals surface area contributed by atoms with Crippen LogP contribution in [0.15, 0.2) is 0 Å². The lowest BCUT2D eigenvalue weighted by molar-refractivity contribution is -0.280. The predicted molar refractivity (Wildman–Crippen MR) is 89.8 cm³/mol. The second kappa shape index (κ2) is 4.60. The van der Waals surface area contributed by atoms with Crippen LogP contribution in [0.3, 0.4) is 0 Å². The molecule has 5 nitrogen and oxygen atoms in total. The Morgan fingerprint density at radius 3 is 2.64 bits per heavy atom. The van der Waals surface area contributed by atoms with Gasteiger partial charge in [-0.3, -0.25) is 4.79 Å². The fraction of sp³-hybridized carbons (Fsp3) is 0.950. The molecule has 4 saturated carbocycles. The average Bonchev–Trinajstić information content (AvgIpc) is 2.93. The van der Waals surface area contributed by atoms with Crippen molar-refractivity contribution in [2.45, 2.75) is 76.6 Å². The molecule has 0 unspecified atom stereocenters. The summed E-state index contributed by atoms with van der Waals surface area (Å²) in [6.45, 7) is 4.11. The van der Waals surface area contributed by atoms with Crippen LogP contribution >= 0.6 is 0 Å². The predicted octanol–water partition coefficient (Wildman–Crippen LogP) is 2.19. The topological polar surface area (TPSA) is 87.0 Å². The van der Waals surface area contributed by atoms with E-state index in [0.717, 1.165) is 44.9 Å². The Balaban J connectivity index is 1.61. The van der Waals surface area contributed by atoms with E-state index in [9.17, 15) is 20.1 Å². The van der Waals surface area contributed by atoms with E-state index < -0.39 is 23.1 Å². The summed E-state index contributed by atoms with van der Waals surface area (Å²) in [5.74, 6) is -0.0623. The molecule has 4 aliphatic carbocycles. The van der Waals surface area contributed by atoms with Crippen molar-refractivity contribution in [2.75, 3.05) is 6.61 Å². The van der Waals surface area contributed by atoms with E-state index in [2.05, 4.69) is 6.92 Å². The third-order valence-electron chi connectivity index (χ3n) is 9.53. The molecule has 25 heavy (non-hydrogen) atoms. The zero-order chi connectivity index (χ0) is 17.8. The van der Waals surface area contributed by atoms with Gasteiger partial charge in [-0.1, -0.05) is 13.3 Å². The highest BCUT2D eigenvalue weighted by atomic mass is 16.5. The van der Waals surface area contributed by atoms with Gasteiger partial charge >= 0.3 is 5.97 Å². The van der Waals surface area contributed by atoms with Gasteiger partial charge in [-0.2, -0.15) is 0 Å². The maximum Gasteiger partial charge on any atom is 0.309 e. The number of carboxylic acids is 1. The lowest BCUT2D eigenvalue weighted by Gasteiger charge is -2.66. The van der Waals surface area contributed by atoms with Crippen LogP contribution in [0.5, 0.6) is 0 Å². The Morgan fingerprint density at radius 2 is 2.00 bits per heavy atom. The molecule has 0 aromatic carbocycles. The van der Waals surface area contributed by atoms with Crippen molar-refractivity contribution in [1.29, 1.82) is 0 Å². The zero-order valence-corrected chi connectivity index (χ0v) is 15.2. The Kier molecular flexibility index (Phi) is 3.04. The van der Waals surface area contributed by atoms with Crippen LogP contribution < -0.4 is 0 Å². The summed E-state index contributed by atoms with van der Waals surface area (Å²) >= 11 is 0. The van der Waals surface area contributed by atoms with Crippen molar-refractivity contribution < 1.29 is 24.9 Å². The molecule has 2 heterocycles. The van der Waals surface area contributed by atoms with Gasteiger partial charge in [0, 0.05) is 5.41 Å². The number of rotatable bonds is 2. The van der Waals surface area contributed by atoms with Crippen LogP contribution in [0.2, 0.25) is 0 Å². The van der Waals surface area contributed by atoms with E-state index in [-0.39, 0.29) is 41.3 Å². The van der Waals surface area contributed by atoms with Gasteiger partial charge in [0.15, 0.2) is 0 Å². The van der Waals surface area contributed by atoms with Crippen molar-refractivity contribution in [1.82, 2.24) is 0 Å². The number of fused-ring (bicyclic) bond motifs is 1. The van der Waals surface area contributed by atoms with Crippen LogP contribution in [0.4, 0.5) is 0 Å². The van der Waals surface area contributed by atoms with Gasteiger partial charge in [0.05, 0.1) is 24.2 Å². The molecular formula is C20H30O5. The van der Waals surface area contributed by atoms with E-state index in [1.165, 1.54) is 0 Å². The van der Waals surface area contributed by atoms with Crippen molar-refractivity contribution >= 4 is 5.97 Å². The van der Waals surface area contributed by atoms with Crippen molar-refractivity contribution in [3.8, 4) is 0 Å². The Labute approximate surface area is 148 Å². The molecule has 1 spiro atoms. The van der Waals surface area contributed by atoms with Crippen LogP contribution in [-0.2, 0) is 9.53 Å². The molecule has 6 aliphatic rings. The molecule has 140 valence electrons. The number of carbonyl (C=O) groups is 1. The molecule has 0 amide bonds. The van der Waals surface area contributed by atoms with Crippen LogP contribution in [0, 0.1) is 34.0 Å². The highest BCUT2D eigenvalue weighted by Crippen LogP contribution is 2.76. The minimum Gasteiger partial charge on any atom is -0.481 e. The molecule has 2 saturated heterocycles. The van der Waals surface area contributed by atoms with Crippen molar-refractivity contribution in [3.05, 3.63) is 0 Å². The summed E-state index contributed by atoms with van der Waals surface area (Å²) in [5, 5.41) is 31.3. The highest BCUT2D eigenvalue weighted by Gasteiger charge is 2.79. The first-order chi connectivity index (χ1) is 11.7. The largest absolute Gasteiger partial charge is 0.481 e. The molecule has 0 aromatic heterocycles. The molecule has 6 rings (SSSR count). The number of ether oxygens (including phenoxy) is 1. The monoisotopic (exact) mass is 350 g/mol. The third kappa shape index (κ3) is 1.57. The Morgan fingerprint density at radius 1 is 1.24 bits per heavy atom. The van der Waals surface area contributed by atoms with E-state index in [1.54, 1.807) is 0 Å². The van der Waals surface area contributed by atoms with Gasteiger partial charge in [0.25, 0.3) is 0 Å². The number of aliphatic hydroxyl groups is 2. The third-order valence-corrected chi connectivity index (χ3v) is 9.53.